The van der Waals surface area contributed by atoms with Gasteiger partial charge in [-0.1, -0.05) is 0 Å². The SMILES string of the molecule is CNC1CN(C2CCOCC2)CCO1.Cl. The zero-order valence-corrected chi connectivity index (χ0v) is 10.1. The first-order valence-corrected chi connectivity index (χ1v) is 5.51. The maximum Gasteiger partial charge on any atom is 0.120 e. The number of nitrogens with one attached hydrogen (secondary N) is 1. The van der Waals surface area contributed by atoms with Crippen LogP contribution in [0.3, 0.4) is 0 Å². The van der Waals surface area contributed by atoms with E-state index >= 15 is 0 Å². The monoisotopic (exact) mass is 236 g/mol. The number of hydrogen-bond donors (Lipinski definition) is 1. The number of rotatable bonds is 2. The predicted octanol–water partition coefficient (Wildman–Crippen LogP) is 0.465. The van der Waals surface area contributed by atoms with Crippen LogP contribution in [0.4, 0.5) is 0 Å². The first kappa shape index (κ1) is 13.2. The average Bonchev–Trinajstić information content (AvgIpc) is 2.30. The Morgan fingerprint density at radius 3 is 2.60 bits per heavy atom. The van der Waals surface area contributed by atoms with Gasteiger partial charge in [0.25, 0.3) is 0 Å². The molecule has 0 aromatic rings. The largest absolute Gasteiger partial charge is 0.381 e. The summed E-state index contributed by atoms with van der Waals surface area (Å²) in [7, 11) is 1.96. The minimum absolute atomic E-state index is 0. The van der Waals surface area contributed by atoms with Gasteiger partial charge in [0.2, 0.25) is 0 Å². The molecule has 0 radical (unpaired) electrons. The van der Waals surface area contributed by atoms with Crippen molar-refractivity contribution in [2.24, 2.45) is 0 Å². The van der Waals surface area contributed by atoms with E-state index in [2.05, 4.69) is 10.2 Å². The molecule has 15 heavy (non-hydrogen) atoms. The molecule has 0 bridgehead atoms. The highest BCUT2D eigenvalue weighted by Crippen LogP contribution is 2.16. The predicted molar refractivity (Wildman–Crippen MR) is 61.5 cm³/mol. The molecule has 90 valence electrons. The molecule has 4 nitrogen and oxygen atoms in total. The van der Waals surface area contributed by atoms with Crippen molar-refractivity contribution in [2.45, 2.75) is 25.1 Å². The maximum absolute atomic E-state index is 5.56. The van der Waals surface area contributed by atoms with Crippen LogP contribution in [0.15, 0.2) is 0 Å². The first-order chi connectivity index (χ1) is 6.90. The fourth-order valence-corrected chi connectivity index (χ4v) is 2.23. The van der Waals surface area contributed by atoms with Crippen molar-refractivity contribution >= 4 is 12.4 Å². The Balaban J connectivity index is 0.00000112. The van der Waals surface area contributed by atoms with Crippen LogP contribution in [0.2, 0.25) is 0 Å². The average molecular weight is 237 g/mol. The van der Waals surface area contributed by atoms with Crippen LogP contribution >= 0.6 is 12.4 Å². The van der Waals surface area contributed by atoms with Crippen LogP contribution in [-0.4, -0.2) is 57.1 Å². The number of likely N-dealkylation sites (N-methyl/N-ethyl adjacent to an activating group) is 1. The number of halogens is 1. The van der Waals surface area contributed by atoms with Crippen molar-refractivity contribution in [3.05, 3.63) is 0 Å². The second kappa shape index (κ2) is 6.66. The van der Waals surface area contributed by atoms with Crippen LogP contribution in [-0.2, 0) is 9.47 Å². The molecule has 2 aliphatic heterocycles. The zero-order chi connectivity index (χ0) is 9.80. The molecule has 1 unspecified atom stereocenters. The second-order valence-corrected chi connectivity index (χ2v) is 3.99. The molecular formula is C10H21ClN2O2. The highest BCUT2D eigenvalue weighted by Gasteiger charge is 2.26. The molecule has 2 rings (SSSR count). The summed E-state index contributed by atoms with van der Waals surface area (Å²) < 4.78 is 10.9. The third-order valence-corrected chi connectivity index (χ3v) is 3.13. The Kier molecular flexibility index (Phi) is 5.86. The van der Waals surface area contributed by atoms with Gasteiger partial charge in [0.05, 0.1) is 6.61 Å². The van der Waals surface area contributed by atoms with Crippen molar-refractivity contribution < 1.29 is 9.47 Å². The van der Waals surface area contributed by atoms with Crippen LogP contribution in [0.25, 0.3) is 0 Å². The molecule has 0 amide bonds. The van der Waals surface area contributed by atoms with Gasteiger partial charge >= 0.3 is 0 Å². The fraction of sp³-hybridized carbons (Fsp3) is 1.00. The second-order valence-electron chi connectivity index (χ2n) is 3.99. The summed E-state index contributed by atoms with van der Waals surface area (Å²) >= 11 is 0. The van der Waals surface area contributed by atoms with Gasteiger partial charge in [-0.05, 0) is 19.9 Å². The lowest BCUT2D eigenvalue weighted by atomic mass is 10.1. The van der Waals surface area contributed by atoms with Crippen molar-refractivity contribution in [2.75, 3.05) is 40.0 Å². The quantitative estimate of drug-likeness (QED) is 0.756. The molecule has 2 saturated heterocycles. The van der Waals surface area contributed by atoms with Gasteiger partial charge in [-0.15, -0.1) is 12.4 Å². The van der Waals surface area contributed by atoms with E-state index in [1.807, 2.05) is 7.05 Å². The van der Waals surface area contributed by atoms with Gasteiger partial charge in [-0.3, -0.25) is 10.2 Å². The summed E-state index contributed by atoms with van der Waals surface area (Å²) in [5, 5.41) is 3.18. The van der Waals surface area contributed by atoms with Crippen LogP contribution in [0, 0.1) is 0 Å². The summed E-state index contributed by atoms with van der Waals surface area (Å²) in [5.74, 6) is 0. The number of nitrogens with zero attached hydrogens (tertiary/aromatic N) is 1. The van der Waals surface area contributed by atoms with Gasteiger partial charge in [-0.2, -0.15) is 0 Å². The Labute approximate surface area is 97.7 Å². The maximum atomic E-state index is 5.56. The minimum Gasteiger partial charge on any atom is -0.381 e. The zero-order valence-electron chi connectivity index (χ0n) is 9.28. The van der Waals surface area contributed by atoms with E-state index in [1.54, 1.807) is 0 Å². The highest BCUT2D eigenvalue weighted by molar-refractivity contribution is 5.85. The van der Waals surface area contributed by atoms with E-state index in [0.29, 0.717) is 6.04 Å². The molecule has 1 atom stereocenters. The first-order valence-electron chi connectivity index (χ1n) is 5.51. The molecule has 5 heteroatoms. The third kappa shape index (κ3) is 3.57. The Hall–Kier alpha value is 0.130. The van der Waals surface area contributed by atoms with E-state index in [4.69, 9.17) is 9.47 Å². The van der Waals surface area contributed by atoms with Crippen LogP contribution < -0.4 is 5.32 Å². The smallest absolute Gasteiger partial charge is 0.120 e. The molecule has 0 spiro atoms. The minimum atomic E-state index is 0. The van der Waals surface area contributed by atoms with Crippen LogP contribution in [0.1, 0.15) is 12.8 Å². The van der Waals surface area contributed by atoms with Crippen molar-refractivity contribution in [1.29, 1.82) is 0 Å². The lowest BCUT2D eigenvalue weighted by molar-refractivity contribution is -0.0711. The number of hydrogen-bond acceptors (Lipinski definition) is 4. The van der Waals surface area contributed by atoms with Crippen LogP contribution in [0.5, 0.6) is 0 Å². The highest BCUT2D eigenvalue weighted by atomic mass is 35.5. The van der Waals surface area contributed by atoms with E-state index in [0.717, 1.165) is 32.9 Å². The van der Waals surface area contributed by atoms with Gasteiger partial charge in [0.1, 0.15) is 6.23 Å². The Morgan fingerprint density at radius 1 is 1.20 bits per heavy atom. The van der Waals surface area contributed by atoms with E-state index in [-0.39, 0.29) is 18.6 Å². The summed E-state index contributed by atoms with van der Waals surface area (Å²) in [4.78, 5) is 2.53. The van der Waals surface area contributed by atoms with Crippen molar-refractivity contribution in [1.82, 2.24) is 10.2 Å². The van der Waals surface area contributed by atoms with E-state index in [1.165, 1.54) is 12.8 Å². The summed E-state index contributed by atoms with van der Waals surface area (Å²) in [6.07, 6.45) is 2.57. The molecular weight excluding hydrogens is 216 g/mol. The normalized spacial score (nSPS) is 29.8. The summed E-state index contributed by atoms with van der Waals surface area (Å²) in [6, 6.07) is 0.712. The summed E-state index contributed by atoms with van der Waals surface area (Å²) in [6.45, 7) is 4.78. The lowest BCUT2D eigenvalue weighted by Crippen LogP contribution is -2.52. The fourth-order valence-electron chi connectivity index (χ4n) is 2.23. The van der Waals surface area contributed by atoms with Gasteiger partial charge < -0.3 is 9.47 Å². The third-order valence-electron chi connectivity index (χ3n) is 3.13. The van der Waals surface area contributed by atoms with Gasteiger partial charge in [0, 0.05) is 32.3 Å². The molecule has 0 aromatic carbocycles. The van der Waals surface area contributed by atoms with E-state index < -0.39 is 0 Å². The topological polar surface area (TPSA) is 33.7 Å². The Bertz CT molecular complexity index is 177. The molecule has 1 N–H and O–H groups in total. The molecule has 0 aliphatic carbocycles. The summed E-state index contributed by atoms with van der Waals surface area (Å²) in [5.41, 5.74) is 0. The van der Waals surface area contributed by atoms with Crippen molar-refractivity contribution in [3.63, 3.8) is 0 Å². The molecule has 2 aliphatic rings. The number of ether oxygens (including phenoxy) is 2. The molecule has 2 fully saturated rings. The number of morpholine rings is 1. The van der Waals surface area contributed by atoms with Gasteiger partial charge in [0.15, 0.2) is 0 Å². The lowest BCUT2D eigenvalue weighted by Gasteiger charge is -2.39. The Morgan fingerprint density at radius 2 is 1.93 bits per heavy atom. The van der Waals surface area contributed by atoms with E-state index in [9.17, 15) is 0 Å². The molecule has 2 heterocycles. The molecule has 0 aromatic heterocycles. The standard InChI is InChI=1S/C10H20N2O2.ClH/c1-11-10-8-12(4-7-14-10)9-2-5-13-6-3-9;/h9-11H,2-8H2,1H3;1H. The van der Waals surface area contributed by atoms with Gasteiger partial charge in [-0.25, -0.2) is 0 Å². The molecule has 0 saturated carbocycles. The van der Waals surface area contributed by atoms with Crippen molar-refractivity contribution in [3.8, 4) is 0 Å².